The molecule has 3 N–H and O–H groups in total. The molecule has 164 valence electrons. The van der Waals surface area contributed by atoms with E-state index in [2.05, 4.69) is 10.6 Å². The number of carbonyl (C=O) groups is 1. The third-order valence-corrected chi connectivity index (χ3v) is 5.52. The van der Waals surface area contributed by atoms with E-state index in [0.29, 0.717) is 41.6 Å². The molecule has 0 spiro atoms. The second-order valence-corrected chi connectivity index (χ2v) is 7.62. The molecule has 2 unspecified atom stereocenters. The molecule has 0 saturated carbocycles. The van der Waals surface area contributed by atoms with Crippen LogP contribution in [-0.4, -0.2) is 37.8 Å². The highest BCUT2D eigenvalue weighted by Gasteiger charge is 2.22. The lowest BCUT2D eigenvalue weighted by atomic mass is 9.96. The number of benzene rings is 2. The van der Waals surface area contributed by atoms with Crippen LogP contribution in [0.5, 0.6) is 11.5 Å². The van der Waals surface area contributed by atoms with Crippen LogP contribution in [0.2, 0.25) is 5.02 Å². The van der Waals surface area contributed by atoms with Gasteiger partial charge in [-0.25, -0.2) is 0 Å². The predicted molar refractivity (Wildman–Crippen MR) is 121 cm³/mol. The van der Waals surface area contributed by atoms with Crippen molar-refractivity contribution in [3.8, 4) is 11.5 Å². The van der Waals surface area contributed by atoms with Gasteiger partial charge in [0.15, 0.2) is 11.5 Å². The molecule has 8 heteroatoms. The van der Waals surface area contributed by atoms with E-state index in [1.807, 2.05) is 31.2 Å². The maximum absolute atomic E-state index is 11.6. The second kappa shape index (κ2) is 10.9. The molecule has 0 saturated heterocycles. The fourth-order valence-corrected chi connectivity index (χ4v) is 3.82. The number of aryl methyl sites for hydroxylation is 1. The molecule has 0 aliphatic carbocycles. The van der Waals surface area contributed by atoms with Crippen molar-refractivity contribution in [3.63, 3.8) is 0 Å². The number of rotatable bonds is 8. The fourth-order valence-electron chi connectivity index (χ4n) is 3.53. The summed E-state index contributed by atoms with van der Waals surface area (Å²) in [6, 6.07) is 9.34. The largest absolute Gasteiger partial charge is 0.493 e. The average Bonchev–Trinajstić information content (AvgIpc) is 2.73. The Morgan fingerprint density at radius 3 is 2.60 bits per heavy atom. The Morgan fingerprint density at radius 1 is 1.17 bits per heavy atom. The van der Waals surface area contributed by atoms with Crippen molar-refractivity contribution in [2.24, 2.45) is 0 Å². The Hall–Kier alpha value is -1.99. The molecule has 1 amide bonds. The lowest BCUT2D eigenvalue weighted by Crippen LogP contribution is -2.33. The van der Waals surface area contributed by atoms with Crippen LogP contribution < -0.4 is 20.1 Å². The molecule has 3 rings (SSSR count). The standard InChI is InChI=1S/C22H27ClN2O4.ClH/c1-13(24-9-8-14-4-6-18(28-2)19(10-14)29-3)22(27)16-11-15-5-7-20(26)25-21(15)17(23)12-16;/h4,6,10-13,22,24,27H,5,7-9H2,1-3H3,(H,25,26);1H. The van der Waals surface area contributed by atoms with E-state index in [0.717, 1.165) is 23.1 Å². The van der Waals surface area contributed by atoms with Gasteiger partial charge in [-0.2, -0.15) is 0 Å². The number of ether oxygens (including phenoxy) is 2. The molecule has 0 fully saturated rings. The minimum Gasteiger partial charge on any atom is -0.493 e. The van der Waals surface area contributed by atoms with Crippen LogP contribution in [0, 0.1) is 0 Å². The molecule has 2 atom stereocenters. The zero-order valence-corrected chi connectivity index (χ0v) is 18.9. The van der Waals surface area contributed by atoms with E-state index in [-0.39, 0.29) is 24.4 Å². The summed E-state index contributed by atoms with van der Waals surface area (Å²) in [6.45, 7) is 2.64. The Kier molecular flexibility index (Phi) is 8.79. The van der Waals surface area contributed by atoms with Gasteiger partial charge in [-0.05, 0) is 61.2 Å². The van der Waals surface area contributed by atoms with Crippen LogP contribution in [0.3, 0.4) is 0 Å². The summed E-state index contributed by atoms with van der Waals surface area (Å²) in [5.74, 6) is 1.38. The SMILES string of the molecule is COc1ccc(CCNC(C)C(O)c2cc(Cl)c3c(c2)CCC(=O)N3)cc1OC.Cl. The first-order valence-electron chi connectivity index (χ1n) is 9.67. The number of methoxy groups -OCH3 is 2. The van der Waals surface area contributed by atoms with Gasteiger partial charge in [0.05, 0.1) is 31.0 Å². The maximum Gasteiger partial charge on any atom is 0.224 e. The summed E-state index contributed by atoms with van der Waals surface area (Å²) in [7, 11) is 3.23. The number of halogens is 2. The number of hydrogen-bond donors (Lipinski definition) is 3. The Labute approximate surface area is 188 Å². The second-order valence-electron chi connectivity index (χ2n) is 7.21. The zero-order chi connectivity index (χ0) is 21.0. The molecular weight excluding hydrogens is 427 g/mol. The molecule has 1 heterocycles. The van der Waals surface area contributed by atoms with Crippen molar-refractivity contribution in [3.05, 3.63) is 52.0 Å². The van der Waals surface area contributed by atoms with E-state index < -0.39 is 6.10 Å². The number of aliphatic hydroxyl groups is 1. The van der Waals surface area contributed by atoms with Crippen molar-refractivity contribution in [1.82, 2.24) is 5.32 Å². The van der Waals surface area contributed by atoms with Gasteiger partial charge in [0.1, 0.15) is 0 Å². The molecular formula is C22H28Cl2N2O4. The average molecular weight is 455 g/mol. The van der Waals surface area contributed by atoms with Crippen molar-refractivity contribution in [2.45, 2.75) is 38.3 Å². The van der Waals surface area contributed by atoms with E-state index in [9.17, 15) is 9.90 Å². The third kappa shape index (κ3) is 5.58. The van der Waals surface area contributed by atoms with E-state index in [1.54, 1.807) is 20.3 Å². The highest BCUT2D eigenvalue weighted by atomic mass is 35.5. The first-order chi connectivity index (χ1) is 13.9. The zero-order valence-electron chi connectivity index (χ0n) is 17.3. The fraction of sp³-hybridized carbons (Fsp3) is 0.409. The van der Waals surface area contributed by atoms with E-state index in [4.69, 9.17) is 21.1 Å². The summed E-state index contributed by atoms with van der Waals surface area (Å²) in [5, 5.41) is 17.4. The lowest BCUT2D eigenvalue weighted by Gasteiger charge is -2.24. The highest BCUT2D eigenvalue weighted by Crippen LogP contribution is 2.34. The lowest BCUT2D eigenvalue weighted by molar-refractivity contribution is -0.116. The monoisotopic (exact) mass is 454 g/mol. The summed E-state index contributed by atoms with van der Waals surface area (Å²) in [6.07, 6.45) is 1.14. The highest BCUT2D eigenvalue weighted by molar-refractivity contribution is 6.34. The van der Waals surface area contributed by atoms with Gasteiger partial charge in [0.2, 0.25) is 5.91 Å². The van der Waals surface area contributed by atoms with Crippen LogP contribution in [0.4, 0.5) is 5.69 Å². The van der Waals surface area contributed by atoms with Gasteiger partial charge < -0.3 is 25.2 Å². The van der Waals surface area contributed by atoms with Crippen LogP contribution in [0.1, 0.15) is 36.1 Å². The van der Waals surface area contributed by atoms with Crippen molar-refractivity contribution in [1.29, 1.82) is 0 Å². The summed E-state index contributed by atoms with van der Waals surface area (Å²) < 4.78 is 10.6. The Morgan fingerprint density at radius 2 is 1.90 bits per heavy atom. The molecule has 2 aromatic carbocycles. The number of nitrogens with one attached hydrogen (secondary N) is 2. The van der Waals surface area contributed by atoms with E-state index in [1.165, 1.54) is 0 Å². The molecule has 6 nitrogen and oxygen atoms in total. The van der Waals surface area contributed by atoms with Crippen LogP contribution in [0.15, 0.2) is 30.3 Å². The number of aliphatic hydroxyl groups excluding tert-OH is 1. The quantitative estimate of drug-likeness (QED) is 0.563. The maximum atomic E-state index is 11.6. The number of anilines is 1. The van der Waals surface area contributed by atoms with Gasteiger partial charge in [0.25, 0.3) is 0 Å². The Balaban J connectivity index is 0.00000320. The molecule has 1 aliphatic rings. The summed E-state index contributed by atoms with van der Waals surface area (Å²) in [5.41, 5.74) is 3.48. The number of hydrogen-bond acceptors (Lipinski definition) is 5. The molecule has 0 radical (unpaired) electrons. The van der Waals surface area contributed by atoms with Gasteiger partial charge >= 0.3 is 0 Å². The van der Waals surface area contributed by atoms with Crippen LogP contribution in [-0.2, 0) is 17.6 Å². The molecule has 1 aliphatic heterocycles. The number of carbonyl (C=O) groups excluding carboxylic acids is 1. The number of fused-ring (bicyclic) bond motifs is 1. The van der Waals surface area contributed by atoms with Gasteiger partial charge in [-0.3, -0.25) is 4.79 Å². The summed E-state index contributed by atoms with van der Waals surface area (Å²) in [4.78, 5) is 11.6. The van der Waals surface area contributed by atoms with Crippen LogP contribution in [0.25, 0.3) is 0 Å². The molecule has 30 heavy (non-hydrogen) atoms. The van der Waals surface area contributed by atoms with Crippen molar-refractivity contribution in [2.75, 3.05) is 26.1 Å². The topological polar surface area (TPSA) is 79.8 Å². The van der Waals surface area contributed by atoms with E-state index >= 15 is 0 Å². The van der Waals surface area contributed by atoms with Gasteiger partial charge in [-0.1, -0.05) is 23.7 Å². The van der Waals surface area contributed by atoms with Gasteiger partial charge in [0, 0.05) is 12.5 Å². The first kappa shape index (κ1) is 24.3. The number of amides is 1. The third-order valence-electron chi connectivity index (χ3n) is 5.22. The summed E-state index contributed by atoms with van der Waals surface area (Å²) >= 11 is 6.33. The molecule has 2 aromatic rings. The normalized spacial score (nSPS) is 14.8. The van der Waals surface area contributed by atoms with Crippen LogP contribution >= 0.6 is 24.0 Å². The predicted octanol–water partition coefficient (Wildman–Crippen LogP) is 3.92. The minimum atomic E-state index is -0.708. The molecule has 0 bridgehead atoms. The Bertz CT molecular complexity index is 892. The smallest absolute Gasteiger partial charge is 0.224 e. The van der Waals surface area contributed by atoms with Gasteiger partial charge in [-0.15, -0.1) is 12.4 Å². The van der Waals surface area contributed by atoms with Crippen molar-refractivity contribution >= 4 is 35.6 Å². The van der Waals surface area contributed by atoms with Crippen molar-refractivity contribution < 1.29 is 19.4 Å². The minimum absolute atomic E-state index is 0. The first-order valence-corrected chi connectivity index (χ1v) is 10.0. The molecule has 0 aromatic heterocycles.